The molecule has 7 nitrogen and oxygen atoms in total. The largest absolute Gasteiger partial charge is 0.383 e. The second-order valence-electron chi connectivity index (χ2n) is 7.47. The highest BCUT2D eigenvalue weighted by atomic mass is 19.1. The molecule has 158 valence electrons. The molecule has 4 rings (SSSR count). The van der Waals surface area contributed by atoms with Gasteiger partial charge in [0, 0.05) is 45.4 Å². The first-order valence-electron chi connectivity index (χ1n) is 10.3. The lowest BCUT2D eigenvalue weighted by atomic mass is 10.0. The van der Waals surface area contributed by atoms with Crippen LogP contribution in [0, 0.1) is 5.82 Å². The molecule has 0 aliphatic carbocycles. The number of hydrogen-bond donors (Lipinski definition) is 0. The van der Waals surface area contributed by atoms with Crippen LogP contribution in [0.5, 0.6) is 0 Å². The molecule has 1 saturated heterocycles. The Morgan fingerprint density at radius 1 is 1.00 bits per heavy atom. The fourth-order valence-electron chi connectivity index (χ4n) is 3.96. The van der Waals surface area contributed by atoms with Gasteiger partial charge in [0.25, 0.3) is 0 Å². The molecule has 1 aromatic heterocycles. The smallest absolute Gasteiger partial charge is 0.173 e. The number of ether oxygens (including phenoxy) is 1. The van der Waals surface area contributed by atoms with Crippen molar-refractivity contribution in [2.24, 2.45) is 0 Å². The van der Waals surface area contributed by atoms with Crippen molar-refractivity contribution in [3.05, 3.63) is 77.4 Å². The Morgan fingerprint density at radius 2 is 1.73 bits per heavy atom. The van der Waals surface area contributed by atoms with Crippen molar-refractivity contribution in [2.45, 2.75) is 19.1 Å². The number of methoxy groups -OCH3 is 1. The van der Waals surface area contributed by atoms with E-state index < -0.39 is 0 Å². The number of tetrazole rings is 1. The summed E-state index contributed by atoms with van der Waals surface area (Å²) < 4.78 is 21.7. The molecule has 0 N–H and O–H groups in total. The van der Waals surface area contributed by atoms with E-state index in [4.69, 9.17) is 4.74 Å². The molecule has 1 fully saturated rings. The quantitative estimate of drug-likeness (QED) is 0.568. The van der Waals surface area contributed by atoms with Gasteiger partial charge in [-0.2, -0.15) is 0 Å². The lowest BCUT2D eigenvalue weighted by Crippen LogP contribution is -2.48. The maximum absolute atomic E-state index is 14.8. The molecule has 1 aliphatic heterocycles. The van der Waals surface area contributed by atoms with Crippen LogP contribution in [0.3, 0.4) is 0 Å². The fourth-order valence-corrected chi connectivity index (χ4v) is 3.96. The summed E-state index contributed by atoms with van der Waals surface area (Å²) in [4.78, 5) is 4.70. The third kappa shape index (κ3) is 4.72. The maximum atomic E-state index is 14.8. The predicted octanol–water partition coefficient (Wildman–Crippen LogP) is 2.37. The van der Waals surface area contributed by atoms with Gasteiger partial charge in [0.05, 0.1) is 13.2 Å². The van der Waals surface area contributed by atoms with Crippen LogP contribution in [0.1, 0.15) is 23.0 Å². The first kappa shape index (κ1) is 20.6. The molecule has 2 heterocycles. The number of aromatic nitrogens is 4. The summed E-state index contributed by atoms with van der Waals surface area (Å²) in [5.41, 5.74) is 1.91. The number of hydrogen-bond acceptors (Lipinski definition) is 6. The van der Waals surface area contributed by atoms with E-state index in [1.165, 1.54) is 11.6 Å². The molecule has 0 saturated carbocycles. The average Bonchev–Trinajstić information content (AvgIpc) is 3.24. The van der Waals surface area contributed by atoms with Crippen LogP contribution in [-0.2, 0) is 17.8 Å². The van der Waals surface area contributed by atoms with Gasteiger partial charge in [-0.15, -0.1) is 5.10 Å². The van der Waals surface area contributed by atoms with Crippen molar-refractivity contribution >= 4 is 0 Å². The minimum atomic E-state index is -0.336. The van der Waals surface area contributed by atoms with E-state index in [2.05, 4.69) is 49.6 Å². The van der Waals surface area contributed by atoms with E-state index in [0.717, 1.165) is 32.7 Å². The Balaban J connectivity index is 1.54. The molecule has 2 aromatic carbocycles. The van der Waals surface area contributed by atoms with Crippen LogP contribution in [0.15, 0.2) is 54.6 Å². The summed E-state index contributed by atoms with van der Waals surface area (Å²) in [6.07, 6.45) is 0. The fraction of sp³-hybridized carbons (Fsp3) is 0.409. The summed E-state index contributed by atoms with van der Waals surface area (Å²) in [5.74, 6) is 0.407. The molecule has 0 bridgehead atoms. The van der Waals surface area contributed by atoms with Gasteiger partial charge >= 0.3 is 0 Å². The van der Waals surface area contributed by atoms with E-state index >= 15 is 0 Å². The second kappa shape index (κ2) is 9.88. The van der Waals surface area contributed by atoms with Crippen LogP contribution in [0.2, 0.25) is 0 Å². The van der Waals surface area contributed by atoms with Crippen LogP contribution in [0.4, 0.5) is 4.39 Å². The minimum Gasteiger partial charge on any atom is -0.383 e. The second-order valence-corrected chi connectivity index (χ2v) is 7.47. The standard InChI is InChI=1S/C22H27FN6O/c1-30-16-15-29-22(24-25-26-29)21(19-9-5-6-10-20(19)23)28-13-11-27(12-14-28)17-18-7-3-2-4-8-18/h2-10,21H,11-17H2,1H3. The van der Waals surface area contributed by atoms with Gasteiger partial charge in [0.1, 0.15) is 11.9 Å². The molecule has 0 radical (unpaired) electrons. The number of rotatable bonds is 8. The summed E-state index contributed by atoms with van der Waals surface area (Å²) in [7, 11) is 1.64. The first-order valence-corrected chi connectivity index (χ1v) is 10.3. The average molecular weight is 410 g/mol. The molecule has 1 unspecified atom stereocenters. The van der Waals surface area contributed by atoms with Gasteiger partial charge in [-0.05, 0) is 22.1 Å². The molecule has 0 amide bonds. The Morgan fingerprint density at radius 3 is 2.47 bits per heavy atom. The third-order valence-electron chi connectivity index (χ3n) is 5.53. The SMILES string of the molecule is COCCn1nnnc1C(c1ccccc1F)N1CCN(Cc2ccccc2)CC1. The summed E-state index contributed by atoms with van der Waals surface area (Å²) >= 11 is 0. The van der Waals surface area contributed by atoms with Crippen LogP contribution < -0.4 is 0 Å². The molecule has 1 aliphatic rings. The highest BCUT2D eigenvalue weighted by Crippen LogP contribution is 2.30. The normalized spacial score (nSPS) is 16.6. The van der Waals surface area contributed by atoms with E-state index in [0.29, 0.717) is 24.5 Å². The van der Waals surface area contributed by atoms with Gasteiger partial charge in [0.15, 0.2) is 5.82 Å². The van der Waals surface area contributed by atoms with Crippen LogP contribution in [0.25, 0.3) is 0 Å². The third-order valence-corrected chi connectivity index (χ3v) is 5.53. The van der Waals surface area contributed by atoms with E-state index in [1.54, 1.807) is 17.9 Å². The van der Waals surface area contributed by atoms with Gasteiger partial charge in [0.2, 0.25) is 0 Å². The number of benzene rings is 2. The summed E-state index contributed by atoms with van der Waals surface area (Å²) in [5, 5.41) is 12.2. The highest BCUT2D eigenvalue weighted by molar-refractivity contribution is 5.27. The summed E-state index contributed by atoms with van der Waals surface area (Å²) in [6, 6.07) is 17.0. The van der Waals surface area contributed by atoms with Gasteiger partial charge in [-0.1, -0.05) is 48.5 Å². The minimum absolute atomic E-state index is 0.240. The van der Waals surface area contributed by atoms with Gasteiger partial charge < -0.3 is 4.74 Å². The van der Waals surface area contributed by atoms with E-state index in [9.17, 15) is 4.39 Å². The Kier molecular flexibility index (Phi) is 6.78. The van der Waals surface area contributed by atoms with Gasteiger partial charge in [-0.3, -0.25) is 9.80 Å². The van der Waals surface area contributed by atoms with Crippen molar-refractivity contribution in [3.63, 3.8) is 0 Å². The predicted molar refractivity (Wildman–Crippen MR) is 111 cm³/mol. The molecule has 0 spiro atoms. The zero-order valence-electron chi connectivity index (χ0n) is 17.2. The van der Waals surface area contributed by atoms with E-state index in [1.807, 2.05) is 18.2 Å². The number of piperazine rings is 1. The van der Waals surface area contributed by atoms with Crippen molar-refractivity contribution in [2.75, 3.05) is 39.9 Å². The van der Waals surface area contributed by atoms with Crippen LogP contribution in [-0.4, -0.2) is 69.9 Å². The zero-order valence-corrected chi connectivity index (χ0v) is 17.2. The molecular formula is C22H27FN6O. The zero-order chi connectivity index (χ0) is 20.8. The first-order chi connectivity index (χ1) is 14.8. The number of nitrogens with zero attached hydrogens (tertiary/aromatic N) is 6. The lowest BCUT2D eigenvalue weighted by molar-refractivity contribution is 0.0976. The maximum Gasteiger partial charge on any atom is 0.173 e. The summed E-state index contributed by atoms with van der Waals surface area (Å²) in [6.45, 7) is 5.36. The van der Waals surface area contributed by atoms with Crippen LogP contribution >= 0.6 is 0 Å². The monoisotopic (exact) mass is 410 g/mol. The Hall–Kier alpha value is -2.68. The Bertz CT molecular complexity index is 926. The highest BCUT2D eigenvalue weighted by Gasteiger charge is 2.32. The lowest BCUT2D eigenvalue weighted by Gasteiger charge is -2.39. The molecule has 1 atom stereocenters. The number of halogens is 1. The van der Waals surface area contributed by atoms with Crippen molar-refractivity contribution in [3.8, 4) is 0 Å². The van der Waals surface area contributed by atoms with Crippen molar-refractivity contribution in [1.82, 2.24) is 30.0 Å². The molecule has 3 aromatic rings. The molecule has 8 heteroatoms. The van der Waals surface area contributed by atoms with Crippen molar-refractivity contribution < 1.29 is 9.13 Å². The Labute approximate surface area is 176 Å². The molecular weight excluding hydrogens is 383 g/mol. The molecule has 30 heavy (non-hydrogen) atoms. The van der Waals surface area contributed by atoms with Crippen molar-refractivity contribution in [1.29, 1.82) is 0 Å². The topological polar surface area (TPSA) is 59.3 Å². The van der Waals surface area contributed by atoms with Gasteiger partial charge in [-0.25, -0.2) is 9.07 Å². The van der Waals surface area contributed by atoms with E-state index in [-0.39, 0.29) is 11.9 Å².